The molecule has 0 aliphatic carbocycles. The molecule has 10 heteroatoms. The maximum atomic E-state index is 13.3. The topological polar surface area (TPSA) is 96.0 Å². The van der Waals surface area contributed by atoms with Crippen LogP contribution in [0, 0.1) is 6.92 Å². The van der Waals surface area contributed by atoms with E-state index in [1.165, 1.54) is 18.0 Å². The van der Waals surface area contributed by atoms with Crippen LogP contribution < -0.4 is 14.4 Å². The van der Waals surface area contributed by atoms with Crippen molar-refractivity contribution in [3.05, 3.63) is 58.6 Å². The first kappa shape index (κ1) is 25.5. The number of methoxy groups -OCH3 is 1. The van der Waals surface area contributed by atoms with Gasteiger partial charge in [0.1, 0.15) is 18.3 Å². The number of nitrogens with one attached hydrogen (secondary N) is 1. The second-order valence-corrected chi connectivity index (χ2v) is 9.68. The summed E-state index contributed by atoms with van der Waals surface area (Å²) < 4.78 is 31.1. The maximum absolute atomic E-state index is 13.3. The van der Waals surface area contributed by atoms with E-state index >= 15 is 0 Å². The summed E-state index contributed by atoms with van der Waals surface area (Å²) in [6, 6.07) is 11.0. The highest BCUT2D eigenvalue weighted by Gasteiger charge is 2.29. The molecule has 0 aliphatic heterocycles. The molecule has 2 amide bonds. The van der Waals surface area contributed by atoms with Gasteiger partial charge in [0.15, 0.2) is 0 Å². The molecule has 0 spiro atoms. The van der Waals surface area contributed by atoms with Crippen LogP contribution in [0.2, 0.25) is 5.02 Å². The molecule has 8 nitrogen and oxygen atoms in total. The number of carbonyl (C=O) groups is 2. The molecule has 0 fully saturated rings. The normalized spacial score (nSPS) is 12.1. The second-order valence-electron chi connectivity index (χ2n) is 7.36. The van der Waals surface area contributed by atoms with Crippen LogP contribution in [0.5, 0.6) is 5.75 Å². The van der Waals surface area contributed by atoms with Gasteiger partial charge in [-0.25, -0.2) is 8.42 Å². The van der Waals surface area contributed by atoms with E-state index in [0.29, 0.717) is 10.8 Å². The zero-order chi connectivity index (χ0) is 24.1. The van der Waals surface area contributed by atoms with Crippen LogP contribution in [0.25, 0.3) is 0 Å². The summed E-state index contributed by atoms with van der Waals surface area (Å²) in [5.41, 5.74) is 1.82. The third-order valence-corrected chi connectivity index (χ3v) is 6.60. The van der Waals surface area contributed by atoms with Crippen molar-refractivity contribution in [1.29, 1.82) is 0 Å². The Labute approximate surface area is 194 Å². The largest absolute Gasteiger partial charge is 0.497 e. The molecule has 0 saturated heterocycles. The monoisotopic (exact) mass is 481 g/mol. The minimum Gasteiger partial charge on any atom is -0.497 e. The van der Waals surface area contributed by atoms with Crippen LogP contribution in [0.4, 0.5) is 5.69 Å². The van der Waals surface area contributed by atoms with Crippen LogP contribution >= 0.6 is 11.6 Å². The molecule has 0 unspecified atom stereocenters. The zero-order valence-corrected chi connectivity index (χ0v) is 20.3. The van der Waals surface area contributed by atoms with Gasteiger partial charge in [-0.2, -0.15) is 0 Å². The number of carbonyl (C=O) groups excluding carboxylic acids is 2. The van der Waals surface area contributed by atoms with Crippen molar-refractivity contribution >= 4 is 39.1 Å². The van der Waals surface area contributed by atoms with Gasteiger partial charge in [0.05, 0.1) is 19.1 Å². The quantitative estimate of drug-likeness (QED) is 0.594. The first-order chi connectivity index (χ1) is 15.0. The molecular weight excluding hydrogens is 454 g/mol. The number of hydrogen-bond acceptors (Lipinski definition) is 5. The van der Waals surface area contributed by atoms with Gasteiger partial charge in [0, 0.05) is 18.6 Å². The Kier molecular flexibility index (Phi) is 8.51. The van der Waals surface area contributed by atoms with Crippen molar-refractivity contribution in [3.63, 3.8) is 0 Å². The summed E-state index contributed by atoms with van der Waals surface area (Å²) in [6.45, 7) is 3.02. The molecular formula is C22H28ClN3O5S. The Morgan fingerprint density at radius 2 is 1.78 bits per heavy atom. The zero-order valence-electron chi connectivity index (χ0n) is 18.8. The van der Waals surface area contributed by atoms with Crippen molar-refractivity contribution < 1.29 is 22.7 Å². The number of ether oxygens (including phenoxy) is 1. The molecule has 1 atom stereocenters. The summed E-state index contributed by atoms with van der Waals surface area (Å²) in [5.74, 6) is -0.235. The van der Waals surface area contributed by atoms with Crippen LogP contribution in [0.15, 0.2) is 42.5 Å². The van der Waals surface area contributed by atoms with Crippen LogP contribution in [-0.4, -0.2) is 58.1 Å². The van der Waals surface area contributed by atoms with E-state index in [1.54, 1.807) is 57.4 Å². The van der Waals surface area contributed by atoms with Crippen LogP contribution in [0.3, 0.4) is 0 Å². The number of sulfonamides is 1. The van der Waals surface area contributed by atoms with Crippen LogP contribution in [0.1, 0.15) is 18.1 Å². The molecule has 1 N–H and O–H groups in total. The highest BCUT2D eigenvalue weighted by atomic mass is 35.5. The van der Waals surface area contributed by atoms with Gasteiger partial charge in [-0.3, -0.25) is 13.9 Å². The van der Waals surface area contributed by atoms with Gasteiger partial charge in [0.2, 0.25) is 21.8 Å². The fourth-order valence-corrected chi connectivity index (χ4v) is 4.09. The van der Waals surface area contributed by atoms with Crippen molar-refractivity contribution in [2.75, 3.05) is 31.3 Å². The number of amides is 2. The summed E-state index contributed by atoms with van der Waals surface area (Å²) in [4.78, 5) is 26.9. The first-order valence-electron chi connectivity index (χ1n) is 9.85. The van der Waals surface area contributed by atoms with Gasteiger partial charge in [-0.1, -0.05) is 29.8 Å². The van der Waals surface area contributed by atoms with E-state index in [1.807, 2.05) is 0 Å². The van der Waals surface area contributed by atoms with E-state index < -0.39 is 28.5 Å². The number of benzene rings is 2. The van der Waals surface area contributed by atoms with E-state index in [9.17, 15) is 18.0 Å². The summed E-state index contributed by atoms with van der Waals surface area (Å²) in [5, 5.41) is 2.92. The molecule has 0 bridgehead atoms. The summed E-state index contributed by atoms with van der Waals surface area (Å²) in [6.07, 6.45) is 1.02. The highest BCUT2D eigenvalue weighted by Crippen LogP contribution is 2.25. The molecule has 0 radical (unpaired) electrons. The van der Waals surface area contributed by atoms with E-state index in [2.05, 4.69) is 5.32 Å². The smallest absolute Gasteiger partial charge is 0.244 e. The summed E-state index contributed by atoms with van der Waals surface area (Å²) in [7, 11) is -0.770. The molecule has 174 valence electrons. The predicted molar refractivity (Wildman–Crippen MR) is 125 cm³/mol. The Hall–Kier alpha value is -2.78. The SMILES string of the molecule is CNC(=O)[C@H](C)N(Cc1ccc(OC)cc1)C(=O)CN(c1ccc(C)c(Cl)c1)S(C)(=O)=O. The fourth-order valence-electron chi connectivity index (χ4n) is 3.07. The Balaban J connectivity index is 2.38. The average molecular weight is 482 g/mol. The molecule has 2 rings (SSSR count). The number of halogens is 1. The maximum Gasteiger partial charge on any atom is 0.244 e. The minimum absolute atomic E-state index is 0.115. The lowest BCUT2D eigenvalue weighted by Gasteiger charge is -2.31. The van der Waals surface area contributed by atoms with E-state index in [0.717, 1.165) is 21.7 Å². The lowest BCUT2D eigenvalue weighted by Crippen LogP contribution is -2.50. The fraction of sp³-hybridized carbons (Fsp3) is 0.364. The lowest BCUT2D eigenvalue weighted by atomic mass is 10.1. The highest BCUT2D eigenvalue weighted by molar-refractivity contribution is 7.92. The van der Waals surface area contributed by atoms with Gasteiger partial charge in [-0.15, -0.1) is 0 Å². The van der Waals surface area contributed by atoms with Crippen molar-refractivity contribution in [2.24, 2.45) is 0 Å². The molecule has 2 aromatic carbocycles. The van der Waals surface area contributed by atoms with Gasteiger partial charge in [-0.05, 0) is 49.2 Å². The molecule has 0 heterocycles. The molecule has 0 aliphatic rings. The van der Waals surface area contributed by atoms with Crippen molar-refractivity contribution in [1.82, 2.24) is 10.2 Å². The van der Waals surface area contributed by atoms with E-state index in [4.69, 9.17) is 16.3 Å². The Morgan fingerprint density at radius 3 is 2.28 bits per heavy atom. The van der Waals surface area contributed by atoms with Crippen molar-refractivity contribution in [2.45, 2.75) is 26.4 Å². The minimum atomic E-state index is -3.80. The second kappa shape index (κ2) is 10.7. The molecule has 0 aromatic heterocycles. The number of anilines is 1. The number of likely N-dealkylation sites (N-methyl/N-ethyl adjacent to an activating group) is 1. The lowest BCUT2D eigenvalue weighted by molar-refractivity contribution is -0.139. The third kappa shape index (κ3) is 6.37. The number of hydrogen-bond donors (Lipinski definition) is 1. The summed E-state index contributed by atoms with van der Waals surface area (Å²) >= 11 is 6.17. The molecule has 32 heavy (non-hydrogen) atoms. The standard InChI is InChI=1S/C22H28ClN3O5S/c1-15-6-9-18(12-20(15)23)26(32(5,29)30)14-21(27)25(16(2)22(28)24-3)13-17-7-10-19(31-4)11-8-17/h6-12,16H,13-14H2,1-5H3,(H,24,28)/t16-/m0/s1. The van der Waals surface area contributed by atoms with Gasteiger partial charge < -0.3 is 15.0 Å². The van der Waals surface area contributed by atoms with Crippen LogP contribution in [-0.2, 0) is 26.2 Å². The Bertz CT molecular complexity index is 1070. The Morgan fingerprint density at radius 1 is 1.16 bits per heavy atom. The first-order valence-corrected chi connectivity index (χ1v) is 12.1. The predicted octanol–water partition coefficient (Wildman–Crippen LogP) is 2.59. The molecule has 0 saturated carbocycles. The van der Waals surface area contributed by atoms with Gasteiger partial charge >= 0.3 is 0 Å². The number of aryl methyl sites for hydroxylation is 1. The van der Waals surface area contributed by atoms with Crippen molar-refractivity contribution in [3.8, 4) is 5.75 Å². The van der Waals surface area contributed by atoms with Gasteiger partial charge in [0.25, 0.3) is 0 Å². The molecule has 2 aromatic rings. The van der Waals surface area contributed by atoms with E-state index in [-0.39, 0.29) is 18.1 Å². The number of nitrogens with zero attached hydrogens (tertiary/aromatic N) is 2. The number of rotatable bonds is 9. The third-order valence-electron chi connectivity index (χ3n) is 5.05. The average Bonchev–Trinajstić information content (AvgIpc) is 2.76.